The summed E-state index contributed by atoms with van der Waals surface area (Å²) in [7, 11) is 0. The minimum atomic E-state index is -1.90. The van der Waals surface area contributed by atoms with Gasteiger partial charge in [-0.3, -0.25) is 29.4 Å². The summed E-state index contributed by atoms with van der Waals surface area (Å²) < 4.78 is 0. The van der Waals surface area contributed by atoms with Gasteiger partial charge in [-0.1, -0.05) is 45.8 Å². The van der Waals surface area contributed by atoms with Crippen LogP contribution in [0.4, 0.5) is 0 Å². The van der Waals surface area contributed by atoms with E-state index in [1.54, 1.807) is 18.2 Å². The van der Waals surface area contributed by atoms with Gasteiger partial charge in [-0.25, -0.2) is 0 Å². The van der Waals surface area contributed by atoms with E-state index in [0.717, 1.165) is 4.90 Å². The lowest BCUT2D eigenvalue weighted by atomic mass is 9.56. The zero-order valence-electron chi connectivity index (χ0n) is 16.0. The maximum atomic E-state index is 13.4. The Kier molecular flexibility index (Phi) is 4.60. The van der Waals surface area contributed by atoms with Gasteiger partial charge < -0.3 is 5.11 Å². The number of likely N-dealkylation sites (tertiary alicyclic amines) is 1. The van der Waals surface area contributed by atoms with E-state index in [2.05, 4.69) is 21.2 Å². The maximum Gasteiger partial charge on any atom is 0.254 e. The third-order valence-electron chi connectivity index (χ3n) is 7.11. The van der Waals surface area contributed by atoms with E-state index in [1.165, 1.54) is 6.07 Å². The third-order valence-corrected chi connectivity index (χ3v) is 9.02. The molecular formula is C21H17BrCl2N2O5. The van der Waals surface area contributed by atoms with Crippen LogP contribution in [-0.2, 0) is 19.2 Å². The van der Waals surface area contributed by atoms with Crippen LogP contribution < -0.4 is 5.32 Å². The van der Waals surface area contributed by atoms with Gasteiger partial charge in [-0.15, -0.1) is 23.2 Å². The first-order chi connectivity index (χ1) is 14.7. The predicted molar refractivity (Wildman–Crippen MR) is 115 cm³/mol. The number of fused-ring (bicyclic) bond motifs is 4. The lowest BCUT2D eigenvalue weighted by Gasteiger charge is -2.50. The number of imide groups is 2. The van der Waals surface area contributed by atoms with Crippen molar-refractivity contribution >= 4 is 62.8 Å². The Morgan fingerprint density at radius 1 is 1.10 bits per heavy atom. The summed E-state index contributed by atoms with van der Waals surface area (Å²) in [5.41, 5.74) is 0.909. The van der Waals surface area contributed by atoms with E-state index >= 15 is 0 Å². The van der Waals surface area contributed by atoms with Crippen molar-refractivity contribution < 1.29 is 24.3 Å². The van der Waals surface area contributed by atoms with Crippen LogP contribution in [-0.4, -0.2) is 48.8 Å². The second kappa shape index (κ2) is 6.80. The highest BCUT2D eigenvalue weighted by molar-refractivity contribution is 9.09. The molecule has 2 saturated heterocycles. The highest BCUT2D eigenvalue weighted by Gasteiger charge is 2.76. The number of aromatic hydroxyl groups is 1. The number of amides is 4. The maximum absolute atomic E-state index is 13.4. The number of nitrogens with zero attached hydrogens (tertiary/aromatic N) is 1. The zero-order valence-corrected chi connectivity index (χ0v) is 19.1. The molecule has 0 bridgehead atoms. The van der Waals surface area contributed by atoms with E-state index in [9.17, 15) is 24.3 Å². The Labute approximate surface area is 195 Å². The van der Waals surface area contributed by atoms with Gasteiger partial charge in [0, 0.05) is 11.5 Å². The molecule has 1 aromatic carbocycles. The van der Waals surface area contributed by atoms with Crippen molar-refractivity contribution in [1.82, 2.24) is 10.2 Å². The molecule has 0 unspecified atom stereocenters. The van der Waals surface area contributed by atoms with Crippen molar-refractivity contribution in [3.63, 3.8) is 0 Å². The Bertz CT molecular complexity index is 1090. The predicted octanol–water partition coefficient (Wildman–Crippen LogP) is 2.39. The highest BCUT2D eigenvalue weighted by Crippen LogP contribution is 2.65. The smallest absolute Gasteiger partial charge is 0.254 e. The van der Waals surface area contributed by atoms with Crippen LogP contribution in [0.2, 0.25) is 0 Å². The number of halogens is 3. The second-order valence-electron chi connectivity index (χ2n) is 8.40. The molecule has 7 nitrogen and oxygen atoms in total. The summed E-state index contributed by atoms with van der Waals surface area (Å²) in [6.45, 7) is 0. The van der Waals surface area contributed by atoms with Crippen molar-refractivity contribution in [2.45, 2.75) is 28.5 Å². The third kappa shape index (κ3) is 2.47. The molecule has 2 N–H and O–H groups in total. The van der Waals surface area contributed by atoms with Gasteiger partial charge in [-0.05, 0) is 24.8 Å². The van der Waals surface area contributed by atoms with Crippen LogP contribution in [0.3, 0.4) is 0 Å². The lowest BCUT2D eigenvalue weighted by Crippen LogP contribution is -2.60. The molecule has 0 radical (unpaired) electrons. The van der Waals surface area contributed by atoms with Crippen LogP contribution in [0.25, 0.3) is 0 Å². The van der Waals surface area contributed by atoms with Crippen molar-refractivity contribution in [2.75, 3.05) is 5.45 Å². The molecule has 1 aromatic rings. The molecule has 31 heavy (non-hydrogen) atoms. The van der Waals surface area contributed by atoms with E-state index < -0.39 is 51.1 Å². The number of rotatable bonds is 2. The fourth-order valence-corrected chi connectivity index (χ4v) is 7.16. The van der Waals surface area contributed by atoms with Crippen molar-refractivity contribution in [3.8, 4) is 5.75 Å². The number of phenols is 1. The van der Waals surface area contributed by atoms with Gasteiger partial charge in [0.05, 0.1) is 17.3 Å². The van der Waals surface area contributed by atoms with E-state index in [0.29, 0.717) is 17.6 Å². The van der Waals surface area contributed by atoms with Gasteiger partial charge in [0.15, 0.2) is 9.75 Å². The van der Waals surface area contributed by atoms with Crippen LogP contribution >= 0.6 is 39.1 Å². The quantitative estimate of drug-likeness (QED) is 0.266. The zero-order chi connectivity index (χ0) is 22.3. The van der Waals surface area contributed by atoms with Crippen LogP contribution in [0.5, 0.6) is 5.75 Å². The number of allylic oxidation sites excluding steroid dienone is 2. The molecule has 3 fully saturated rings. The standard InChI is InChI=1S/C21H17BrCl2N2O5/c22-8-26-18(30)20(23)7-12-9(5-6-11-14(12)17(29)25-16(11)28)15(21(20,24)19(26)31)10-3-1-2-4-13(10)27/h1-5,11-12,14-15,27H,6-8H2,(H,25,28,29)/t11-,12+,14-,15+,20+,21-/m0/s1. The average molecular weight is 528 g/mol. The van der Waals surface area contributed by atoms with Crippen molar-refractivity contribution in [2.24, 2.45) is 17.8 Å². The number of carbonyl (C=O) groups excluding carboxylic acids is 4. The van der Waals surface area contributed by atoms with Gasteiger partial charge in [0.25, 0.3) is 11.8 Å². The van der Waals surface area contributed by atoms with Crippen LogP contribution in [0, 0.1) is 17.8 Å². The molecule has 2 heterocycles. The number of nitrogens with one attached hydrogen (secondary N) is 1. The molecule has 162 valence electrons. The Hall–Kier alpha value is -1.90. The Morgan fingerprint density at radius 2 is 1.81 bits per heavy atom. The molecule has 2 aliphatic heterocycles. The summed E-state index contributed by atoms with van der Waals surface area (Å²) in [5.74, 6) is -4.98. The van der Waals surface area contributed by atoms with Gasteiger partial charge >= 0.3 is 0 Å². The monoisotopic (exact) mass is 526 g/mol. The number of phenolic OH excluding ortho intramolecular Hbond substituents is 1. The molecule has 4 aliphatic rings. The molecule has 0 aromatic heterocycles. The van der Waals surface area contributed by atoms with E-state index in [-0.39, 0.29) is 23.5 Å². The topological polar surface area (TPSA) is 104 Å². The van der Waals surface area contributed by atoms with Crippen LogP contribution in [0.1, 0.15) is 24.3 Å². The number of para-hydroxylation sites is 1. The molecule has 1 saturated carbocycles. The SMILES string of the molecule is O=C1NC(=O)[C@H]2CC=C3[C@@H](C[C@@]4(Cl)C(=O)N(CBr)C(=O)[C@@]4(Cl)[C@H]3c3ccccc3O)[C@@H]12. The summed E-state index contributed by atoms with van der Waals surface area (Å²) in [6.07, 6.45) is 2.05. The summed E-state index contributed by atoms with van der Waals surface area (Å²) >= 11 is 17.1. The first kappa shape index (κ1) is 21.0. The minimum absolute atomic E-state index is 0.0656. The number of hydrogen-bond donors (Lipinski definition) is 2. The molecule has 4 amide bonds. The molecule has 2 aliphatic carbocycles. The lowest BCUT2D eigenvalue weighted by molar-refractivity contribution is -0.138. The molecule has 10 heteroatoms. The highest BCUT2D eigenvalue weighted by atomic mass is 79.9. The fourth-order valence-electron chi connectivity index (χ4n) is 5.74. The molecule has 5 rings (SSSR count). The van der Waals surface area contributed by atoms with Gasteiger partial charge in [0.2, 0.25) is 11.8 Å². The largest absolute Gasteiger partial charge is 0.508 e. The summed E-state index contributed by atoms with van der Waals surface area (Å²) in [5, 5.41) is 13.0. The molecule has 6 atom stereocenters. The summed E-state index contributed by atoms with van der Waals surface area (Å²) in [6, 6.07) is 6.42. The first-order valence-electron chi connectivity index (χ1n) is 9.79. The summed E-state index contributed by atoms with van der Waals surface area (Å²) in [4.78, 5) is 48.9. The van der Waals surface area contributed by atoms with Crippen molar-refractivity contribution in [1.29, 1.82) is 0 Å². The van der Waals surface area contributed by atoms with E-state index in [4.69, 9.17) is 23.2 Å². The fraction of sp³-hybridized carbons (Fsp3) is 0.429. The number of benzene rings is 1. The van der Waals surface area contributed by atoms with Crippen LogP contribution in [0.15, 0.2) is 35.9 Å². The number of hydrogen-bond acceptors (Lipinski definition) is 5. The van der Waals surface area contributed by atoms with Gasteiger partial charge in [-0.2, -0.15) is 0 Å². The Morgan fingerprint density at radius 3 is 2.48 bits per heavy atom. The molecular weight excluding hydrogens is 511 g/mol. The average Bonchev–Trinajstić information content (AvgIpc) is 3.10. The minimum Gasteiger partial charge on any atom is -0.508 e. The van der Waals surface area contributed by atoms with Gasteiger partial charge in [0.1, 0.15) is 5.75 Å². The normalized spacial score (nSPS) is 39.1. The number of carbonyl (C=O) groups is 4. The van der Waals surface area contributed by atoms with E-state index in [1.807, 2.05) is 6.08 Å². The molecule has 0 spiro atoms. The second-order valence-corrected chi connectivity index (χ2v) is 10.1. The Balaban J connectivity index is 1.77. The number of alkyl halides is 3. The van der Waals surface area contributed by atoms with Crippen molar-refractivity contribution in [3.05, 3.63) is 41.5 Å². The first-order valence-corrected chi connectivity index (χ1v) is 11.7.